The Morgan fingerprint density at radius 3 is 2.27 bits per heavy atom. The van der Waals surface area contributed by atoms with Gasteiger partial charge in [-0.05, 0) is 22.3 Å². The highest BCUT2D eigenvalue weighted by atomic mass is 16.5. The van der Waals surface area contributed by atoms with E-state index in [9.17, 15) is 19.5 Å². The van der Waals surface area contributed by atoms with Crippen LogP contribution >= 0.6 is 0 Å². The first kappa shape index (κ1) is 22.8. The molecule has 4 N–H and O–H groups in total. The number of hydrogen-bond donors (Lipinski definition) is 4. The van der Waals surface area contributed by atoms with Gasteiger partial charge in [-0.1, -0.05) is 48.5 Å². The molecule has 0 aromatic heterocycles. The number of amides is 2. The largest absolute Gasteiger partial charge is 0.480 e. The quantitative estimate of drug-likeness (QED) is 0.475. The highest BCUT2D eigenvalue weighted by molar-refractivity contribution is 5.86. The summed E-state index contributed by atoms with van der Waals surface area (Å²) in [4.78, 5) is 36.3. The lowest BCUT2D eigenvalue weighted by atomic mass is 9.98. The maximum absolute atomic E-state index is 12.5. The maximum atomic E-state index is 12.5. The number of carbonyl (C=O) groups excluding carboxylic acids is 2. The van der Waals surface area contributed by atoms with Crippen molar-refractivity contribution in [2.24, 2.45) is 5.92 Å². The Balaban J connectivity index is 1.36. The first-order chi connectivity index (χ1) is 16.0. The number of aliphatic hydroxyl groups is 1. The van der Waals surface area contributed by atoms with Crippen LogP contribution in [0.5, 0.6) is 0 Å². The van der Waals surface area contributed by atoms with E-state index in [0.29, 0.717) is 0 Å². The normalized spacial score (nSPS) is 19.9. The second-order valence-electron chi connectivity index (χ2n) is 8.13. The number of benzene rings is 2. The fraction of sp³-hybridized carbons (Fsp3) is 0.375. The summed E-state index contributed by atoms with van der Waals surface area (Å²) in [6.07, 6.45) is -0.783. The van der Waals surface area contributed by atoms with Crippen molar-refractivity contribution >= 4 is 18.0 Å². The van der Waals surface area contributed by atoms with E-state index >= 15 is 0 Å². The molecule has 0 radical (unpaired) electrons. The van der Waals surface area contributed by atoms with Crippen LogP contribution in [0.25, 0.3) is 11.1 Å². The Bertz CT molecular complexity index is 995. The summed E-state index contributed by atoms with van der Waals surface area (Å²) in [5.74, 6) is -2.64. The molecule has 174 valence electrons. The lowest BCUT2D eigenvalue weighted by Crippen LogP contribution is -2.50. The number of aliphatic carboxylic acids is 1. The zero-order valence-electron chi connectivity index (χ0n) is 17.9. The number of ether oxygens (including phenoxy) is 2. The van der Waals surface area contributed by atoms with Crippen LogP contribution < -0.4 is 10.6 Å². The van der Waals surface area contributed by atoms with Gasteiger partial charge in [0.15, 0.2) is 0 Å². The summed E-state index contributed by atoms with van der Waals surface area (Å²) in [5, 5.41) is 23.2. The van der Waals surface area contributed by atoms with Crippen molar-refractivity contribution in [1.29, 1.82) is 0 Å². The van der Waals surface area contributed by atoms with Gasteiger partial charge < -0.3 is 30.3 Å². The fourth-order valence-electron chi connectivity index (χ4n) is 4.41. The van der Waals surface area contributed by atoms with Gasteiger partial charge in [-0.3, -0.25) is 4.79 Å². The Labute approximate surface area is 190 Å². The van der Waals surface area contributed by atoms with Gasteiger partial charge in [0, 0.05) is 18.9 Å². The molecule has 33 heavy (non-hydrogen) atoms. The van der Waals surface area contributed by atoms with E-state index < -0.39 is 36.0 Å². The number of nitrogens with one attached hydrogen (secondary N) is 2. The Morgan fingerprint density at radius 1 is 1.03 bits per heavy atom. The third kappa shape index (κ3) is 4.84. The minimum atomic E-state index is -1.24. The van der Waals surface area contributed by atoms with E-state index in [2.05, 4.69) is 22.8 Å². The molecule has 9 heteroatoms. The number of carboxylic acid groups (broad SMARTS) is 1. The molecule has 1 aliphatic heterocycles. The highest BCUT2D eigenvalue weighted by Gasteiger charge is 2.37. The van der Waals surface area contributed by atoms with Crippen LogP contribution in [-0.4, -0.2) is 66.7 Å². The summed E-state index contributed by atoms with van der Waals surface area (Å²) >= 11 is 0. The van der Waals surface area contributed by atoms with Crippen LogP contribution in [0.15, 0.2) is 48.5 Å². The number of aliphatic hydroxyl groups excluding tert-OH is 1. The standard InChI is InChI=1S/C24H26N2O7/c27-10-9-20(23(29)30)25-22(28)19-11-32-13-21(19)26-24(31)33-12-18-16-7-3-1-5-14(16)15-6-2-4-8-17(15)18/h1-8,18-21,27H,9-13H2,(H,25,28)(H,26,31)(H,29,30)/t19?,20-,21?/m0/s1. The monoisotopic (exact) mass is 454 g/mol. The minimum Gasteiger partial charge on any atom is -0.480 e. The Hall–Kier alpha value is -3.43. The van der Waals surface area contributed by atoms with Crippen LogP contribution in [-0.2, 0) is 19.1 Å². The van der Waals surface area contributed by atoms with Gasteiger partial charge in [-0.15, -0.1) is 0 Å². The summed E-state index contributed by atoms with van der Waals surface area (Å²) < 4.78 is 10.9. The molecule has 2 aromatic carbocycles. The summed E-state index contributed by atoms with van der Waals surface area (Å²) in [6.45, 7) is -0.0760. The van der Waals surface area contributed by atoms with Crippen molar-refractivity contribution < 1.29 is 34.1 Å². The van der Waals surface area contributed by atoms with Crippen LogP contribution in [0.1, 0.15) is 23.5 Å². The van der Waals surface area contributed by atoms with Crippen molar-refractivity contribution in [3.05, 3.63) is 59.7 Å². The summed E-state index contributed by atoms with van der Waals surface area (Å²) in [7, 11) is 0. The van der Waals surface area contributed by atoms with E-state index in [1.165, 1.54) is 0 Å². The molecule has 2 amide bonds. The van der Waals surface area contributed by atoms with Gasteiger partial charge in [0.25, 0.3) is 0 Å². The highest BCUT2D eigenvalue weighted by Crippen LogP contribution is 2.44. The van der Waals surface area contributed by atoms with Gasteiger partial charge >= 0.3 is 12.1 Å². The molecule has 1 fully saturated rings. The second kappa shape index (κ2) is 10.0. The zero-order chi connectivity index (χ0) is 23.4. The number of rotatable bonds is 8. The molecule has 0 spiro atoms. The zero-order valence-corrected chi connectivity index (χ0v) is 17.9. The average molecular weight is 454 g/mol. The fourth-order valence-corrected chi connectivity index (χ4v) is 4.41. The van der Waals surface area contributed by atoms with Gasteiger partial charge in [0.1, 0.15) is 12.6 Å². The molecule has 2 unspecified atom stereocenters. The molecule has 1 heterocycles. The molecule has 0 bridgehead atoms. The van der Waals surface area contributed by atoms with Gasteiger partial charge in [-0.2, -0.15) is 0 Å². The van der Waals surface area contributed by atoms with Crippen LogP contribution in [0, 0.1) is 5.92 Å². The van der Waals surface area contributed by atoms with Gasteiger partial charge in [-0.25, -0.2) is 9.59 Å². The maximum Gasteiger partial charge on any atom is 0.407 e. The number of hydrogen-bond acceptors (Lipinski definition) is 6. The van der Waals surface area contributed by atoms with Crippen LogP contribution in [0.2, 0.25) is 0 Å². The molecular weight excluding hydrogens is 428 g/mol. The number of carbonyl (C=O) groups is 3. The molecule has 1 saturated heterocycles. The van der Waals surface area contributed by atoms with Gasteiger partial charge in [0.05, 0.1) is 25.2 Å². The minimum absolute atomic E-state index is 0.0472. The molecule has 2 aromatic rings. The number of fused-ring (bicyclic) bond motifs is 3. The average Bonchev–Trinajstić information content (AvgIpc) is 3.40. The molecule has 4 rings (SSSR count). The molecular formula is C24H26N2O7. The van der Waals surface area contributed by atoms with E-state index in [1.807, 2.05) is 36.4 Å². The second-order valence-corrected chi connectivity index (χ2v) is 8.13. The van der Waals surface area contributed by atoms with Crippen molar-refractivity contribution in [1.82, 2.24) is 10.6 Å². The van der Waals surface area contributed by atoms with E-state index in [0.717, 1.165) is 22.3 Å². The van der Waals surface area contributed by atoms with Crippen LogP contribution in [0.4, 0.5) is 4.79 Å². The molecule has 9 nitrogen and oxygen atoms in total. The van der Waals surface area contributed by atoms with Crippen molar-refractivity contribution in [3.63, 3.8) is 0 Å². The third-order valence-corrected chi connectivity index (χ3v) is 6.10. The molecule has 0 saturated carbocycles. The third-order valence-electron chi connectivity index (χ3n) is 6.10. The van der Waals surface area contributed by atoms with Crippen LogP contribution in [0.3, 0.4) is 0 Å². The van der Waals surface area contributed by atoms with E-state index in [-0.39, 0.29) is 38.8 Å². The van der Waals surface area contributed by atoms with E-state index in [4.69, 9.17) is 14.6 Å². The van der Waals surface area contributed by atoms with Crippen molar-refractivity contribution in [2.45, 2.75) is 24.4 Å². The predicted molar refractivity (Wildman–Crippen MR) is 118 cm³/mol. The number of carboxylic acids is 1. The first-order valence-electron chi connectivity index (χ1n) is 10.8. The summed E-state index contributed by atoms with van der Waals surface area (Å²) in [6, 6.07) is 14.2. The summed E-state index contributed by atoms with van der Waals surface area (Å²) in [5.41, 5.74) is 4.44. The van der Waals surface area contributed by atoms with Gasteiger partial charge in [0.2, 0.25) is 5.91 Å². The van der Waals surface area contributed by atoms with Crippen molar-refractivity contribution in [3.8, 4) is 11.1 Å². The molecule has 2 aliphatic rings. The van der Waals surface area contributed by atoms with Crippen molar-refractivity contribution in [2.75, 3.05) is 26.4 Å². The lowest BCUT2D eigenvalue weighted by Gasteiger charge is -2.21. The SMILES string of the molecule is O=C(NC1COCC1C(=O)N[C@@H](CCO)C(=O)O)OCC1c2ccccc2-c2ccccc21. The first-order valence-corrected chi connectivity index (χ1v) is 10.8. The molecule has 1 aliphatic carbocycles. The predicted octanol–water partition coefficient (Wildman–Crippen LogP) is 1.49. The Morgan fingerprint density at radius 2 is 1.67 bits per heavy atom. The topological polar surface area (TPSA) is 134 Å². The Kier molecular flexibility index (Phi) is 6.90. The smallest absolute Gasteiger partial charge is 0.407 e. The number of alkyl carbamates (subject to hydrolysis) is 1. The van der Waals surface area contributed by atoms with E-state index in [1.54, 1.807) is 0 Å². The molecule has 3 atom stereocenters. The lowest BCUT2D eigenvalue weighted by molar-refractivity contribution is -0.143.